The summed E-state index contributed by atoms with van der Waals surface area (Å²) < 4.78 is 26.9. The van der Waals surface area contributed by atoms with Crippen LogP contribution in [0.2, 0.25) is 0 Å². The first-order chi connectivity index (χ1) is 3.77. The van der Waals surface area contributed by atoms with Crippen molar-refractivity contribution in [3.05, 3.63) is 6.92 Å². The molecule has 0 amide bonds. The van der Waals surface area contributed by atoms with Crippen molar-refractivity contribution in [2.45, 2.75) is 12.8 Å². The highest BCUT2D eigenvalue weighted by Gasteiger charge is 1.99. The Bertz CT molecular complexity index is 47.7. The fourth-order valence-corrected chi connectivity index (χ4v) is 0.274. The van der Waals surface area contributed by atoms with Gasteiger partial charge in [-0.2, -0.15) is 0 Å². The van der Waals surface area contributed by atoms with Crippen LogP contribution >= 0.6 is 0 Å². The van der Waals surface area contributed by atoms with Crippen molar-refractivity contribution in [2.75, 3.05) is 13.2 Å². The average molecular weight is 123 g/mol. The fraction of sp³-hybridized carbons (Fsp3) is 0.800. The summed E-state index contributed by atoms with van der Waals surface area (Å²) in [6.45, 7) is 3.27. The zero-order chi connectivity index (χ0) is 6.41. The smallest absolute Gasteiger partial charge is 0.261 e. The van der Waals surface area contributed by atoms with Gasteiger partial charge < -0.3 is 4.74 Å². The summed E-state index contributed by atoms with van der Waals surface area (Å²) in [6, 6.07) is 0. The van der Waals surface area contributed by atoms with Gasteiger partial charge in [0.25, 0.3) is 6.43 Å². The molecule has 0 spiro atoms. The molecule has 1 radical (unpaired) electrons. The van der Waals surface area contributed by atoms with Crippen LogP contribution in [0.1, 0.15) is 6.42 Å². The van der Waals surface area contributed by atoms with Crippen molar-refractivity contribution in [1.82, 2.24) is 0 Å². The number of ether oxygens (including phenoxy) is 1. The number of alkyl halides is 2. The van der Waals surface area contributed by atoms with Crippen molar-refractivity contribution in [2.24, 2.45) is 0 Å². The molecule has 0 aliphatic rings. The monoisotopic (exact) mass is 123 g/mol. The Morgan fingerprint density at radius 1 is 1.50 bits per heavy atom. The summed E-state index contributed by atoms with van der Waals surface area (Å²) in [7, 11) is 0. The van der Waals surface area contributed by atoms with E-state index in [0.29, 0.717) is 13.0 Å². The zero-order valence-electron chi connectivity index (χ0n) is 4.57. The summed E-state index contributed by atoms with van der Waals surface area (Å²) >= 11 is 0. The van der Waals surface area contributed by atoms with Gasteiger partial charge in [-0.3, -0.25) is 0 Å². The molecule has 1 nitrogen and oxygen atoms in total. The molecule has 0 saturated heterocycles. The SMILES string of the molecule is [CH2]CCOCC(F)F. The Balaban J connectivity index is 2.72. The van der Waals surface area contributed by atoms with Gasteiger partial charge in [-0.05, 0) is 6.42 Å². The van der Waals surface area contributed by atoms with E-state index >= 15 is 0 Å². The van der Waals surface area contributed by atoms with E-state index in [0.717, 1.165) is 0 Å². The molecular formula is C5H9F2O. The Kier molecular flexibility index (Phi) is 4.85. The van der Waals surface area contributed by atoms with E-state index in [-0.39, 0.29) is 0 Å². The van der Waals surface area contributed by atoms with Gasteiger partial charge in [-0.1, -0.05) is 6.92 Å². The standard InChI is InChI=1S/C5H9F2O/c1-2-3-8-4-5(6)7/h5H,1-4H2. The summed E-state index contributed by atoms with van der Waals surface area (Å²) in [6.07, 6.45) is -1.80. The lowest BCUT2D eigenvalue weighted by molar-refractivity contribution is 0.0191. The predicted molar refractivity (Wildman–Crippen MR) is 26.8 cm³/mol. The summed E-state index contributed by atoms with van der Waals surface area (Å²) in [4.78, 5) is 0. The number of hydrogen-bond acceptors (Lipinski definition) is 1. The van der Waals surface area contributed by atoms with Crippen LogP contribution in [0.25, 0.3) is 0 Å². The first-order valence-corrected chi connectivity index (χ1v) is 2.42. The van der Waals surface area contributed by atoms with Crippen LogP contribution in [0.3, 0.4) is 0 Å². The van der Waals surface area contributed by atoms with E-state index in [9.17, 15) is 8.78 Å². The molecule has 0 N–H and O–H groups in total. The predicted octanol–water partition coefficient (Wildman–Crippen LogP) is 1.49. The molecule has 0 saturated carbocycles. The van der Waals surface area contributed by atoms with Gasteiger partial charge in [-0.25, -0.2) is 8.78 Å². The van der Waals surface area contributed by atoms with Crippen LogP contribution in [0.5, 0.6) is 0 Å². The van der Waals surface area contributed by atoms with Crippen molar-refractivity contribution in [3.63, 3.8) is 0 Å². The van der Waals surface area contributed by atoms with E-state index < -0.39 is 13.0 Å². The molecule has 3 heteroatoms. The molecule has 0 unspecified atom stereocenters. The van der Waals surface area contributed by atoms with E-state index in [1.807, 2.05) is 0 Å². The minimum atomic E-state index is -2.35. The molecule has 0 rings (SSSR count). The molecule has 0 aromatic heterocycles. The first-order valence-electron chi connectivity index (χ1n) is 2.42. The summed E-state index contributed by atoms with van der Waals surface area (Å²) in [5, 5.41) is 0. The van der Waals surface area contributed by atoms with E-state index in [4.69, 9.17) is 0 Å². The molecule has 0 aliphatic heterocycles. The molecule has 0 heterocycles. The number of rotatable bonds is 4. The van der Waals surface area contributed by atoms with Crippen LogP contribution in [-0.4, -0.2) is 19.6 Å². The molecule has 0 aliphatic carbocycles. The number of halogens is 2. The molecule has 0 atom stereocenters. The molecule has 0 aromatic carbocycles. The normalized spacial score (nSPS) is 10.5. The Morgan fingerprint density at radius 3 is 2.50 bits per heavy atom. The second kappa shape index (κ2) is 4.97. The summed E-state index contributed by atoms with van der Waals surface area (Å²) in [5.41, 5.74) is 0. The summed E-state index contributed by atoms with van der Waals surface area (Å²) in [5.74, 6) is 0. The lowest BCUT2D eigenvalue weighted by atomic mass is 10.5. The lowest BCUT2D eigenvalue weighted by Gasteiger charge is -1.98. The quantitative estimate of drug-likeness (QED) is 0.514. The second-order valence-electron chi connectivity index (χ2n) is 1.32. The molecule has 49 valence electrons. The second-order valence-corrected chi connectivity index (χ2v) is 1.32. The van der Waals surface area contributed by atoms with Crippen molar-refractivity contribution >= 4 is 0 Å². The van der Waals surface area contributed by atoms with Gasteiger partial charge in [-0.15, -0.1) is 0 Å². The van der Waals surface area contributed by atoms with E-state index in [2.05, 4.69) is 11.7 Å². The largest absolute Gasteiger partial charge is 0.376 e. The van der Waals surface area contributed by atoms with Crippen LogP contribution < -0.4 is 0 Å². The van der Waals surface area contributed by atoms with Gasteiger partial charge in [0.15, 0.2) is 0 Å². The molecule has 0 bridgehead atoms. The highest BCUT2D eigenvalue weighted by atomic mass is 19.3. The number of hydrogen-bond donors (Lipinski definition) is 0. The van der Waals surface area contributed by atoms with Gasteiger partial charge in [0.05, 0.1) is 0 Å². The Hall–Kier alpha value is -0.180. The van der Waals surface area contributed by atoms with Gasteiger partial charge >= 0.3 is 0 Å². The Labute approximate surface area is 47.6 Å². The minimum Gasteiger partial charge on any atom is -0.376 e. The van der Waals surface area contributed by atoms with Crippen LogP contribution in [0.4, 0.5) is 8.78 Å². The Morgan fingerprint density at radius 2 is 2.12 bits per heavy atom. The van der Waals surface area contributed by atoms with Crippen molar-refractivity contribution in [1.29, 1.82) is 0 Å². The third kappa shape index (κ3) is 5.82. The average Bonchev–Trinajstić information content (AvgIpc) is 1.66. The molecule has 0 fully saturated rings. The fourth-order valence-electron chi connectivity index (χ4n) is 0.274. The minimum absolute atomic E-state index is 0.324. The van der Waals surface area contributed by atoms with Crippen LogP contribution in [0.15, 0.2) is 0 Å². The highest BCUT2D eigenvalue weighted by molar-refractivity contribution is 4.37. The van der Waals surface area contributed by atoms with Gasteiger partial charge in [0.2, 0.25) is 0 Å². The zero-order valence-corrected chi connectivity index (χ0v) is 4.57. The van der Waals surface area contributed by atoms with E-state index in [1.165, 1.54) is 0 Å². The maximum atomic E-state index is 11.2. The lowest BCUT2D eigenvalue weighted by Crippen LogP contribution is -2.04. The van der Waals surface area contributed by atoms with Gasteiger partial charge in [0, 0.05) is 6.61 Å². The molecule has 0 aromatic rings. The third-order valence-corrected chi connectivity index (χ3v) is 0.533. The maximum absolute atomic E-state index is 11.2. The highest BCUT2D eigenvalue weighted by Crippen LogP contribution is 1.92. The van der Waals surface area contributed by atoms with Crippen LogP contribution in [-0.2, 0) is 4.74 Å². The molecular weight excluding hydrogens is 114 g/mol. The first kappa shape index (κ1) is 7.82. The third-order valence-electron chi connectivity index (χ3n) is 0.533. The van der Waals surface area contributed by atoms with Crippen LogP contribution in [0, 0.1) is 6.92 Å². The van der Waals surface area contributed by atoms with E-state index in [1.54, 1.807) is 0 Å². The topological polar surface area (TPSA) is 9.23 Å². The van der Waals surface area contributed by atoms with Crippen molar-refractivity contribution in [3.8, 4) is 0 Å². The van der Waals surface area contributed by atoms with Gasteiger partial charge in [0.1, 0.15) is 6.61 Å². The maximum Gasteiger partial charge on any atom is 0.261 e. The van der Waals surface area contributed by atoms with Crippen molar-refractivity contribution < 1.29 is 13.5 Å². The molecule has 8 heavy (non-hydrogen) atoms.